The van der Waals surface area contributed by atoms with Gasteiger partial charge in [0, 0.05) is 12.8 Å². The van der Waals surface area contributed by atoms with Crippen LogP contribution in [0, 0.1) is 0 Å². The molecule has 100 valence electrons. The van der Waals surface area contributed by atoms with E-state index < -0.39 is 20.5 Å². The Kier molecular flexibility index (Phi) is 4.19. The molecule has 0 saturated heterocycles. The first-order valence-electron chi connectivity index (χ1n) is 6.11. The summed E-state index contributed by atoms with van der Waals surface area (Å²) in [5.74, 6) is -0.313. The van der Waals surface area contributed by atoms with Crippen LogP contribution in [0.3, 0.4) is 0 Å². The second kappa shape index (κ2) is 4.80. The summed E-state index contributed by atoms with van der Waals surface area (Å²) >= 11 is 0. The lowest BCUT2D eigenvalue weighted by atomic mass is 9.91. The van der Waals surface area contributed by atoms with E-state index in [1.54, 1.807) is 0 Å². The molecule has 1 aliphatic carbocycles. The Morgan fingerprint density at radius 1 is 1.29 bits per heavy atom. The third-order valence-electron chi connectivity index (χ3n) is 3.90. The predicted octanol–water partition coefficient (Wildman–Crippen LogP) is 1.46. The van der Waals surface area contributed by atoms with E-state index in [-0.39, 0.29) is 23.3 Å². The molecule has 0 spiro atoms. The highest BCUT2D eigenvalue weighted by Gasteiger charge is 2.42. The van der Waals surface area contributed by atoms with Crippen molar-refractivity contribution in [1.82, 2.24) is 0 Å². The summed E-state index contributed by atoms with van der Waals surface area (Å²) in [6, 6.07) is 0. The molecule has 3 atom stereocenters. The van der Waals surface area contributed by atoms with Crippen molar-refractivity contribution in [3.63, 3.8) is 0 Å². The number of hydrogen-bond donors (Lipinski definition) is 2. The third-order valence-corrected chi connectivity index (χ3v) is 8.43. The van der Waals surface area contributed by atoms with Crippen LogP contribution in [0.2, 0.25) is 18.1 Å². The first-order chi connectivity index (χ1) is 7.54. The van der Waals surface area contributed by atoms with Gasteiger partial charge in [0.2, 0.25) is 0 Å². The molecule has 5 heteroatoms. The van der Waals surface area contributed by atoms with Crippen molar-refractivity contribution in [2.24, 2.45) is 0 Å². The molecule has 1 aliphatic rings. The molecule has 0 aromatic heterocycles. The molecule has 1 rings (SSSR count). The highest BCUT2D eigenvalue weighted by molar-refractivity contribution is 6.74. The Hall–Kier alpha value is -0.233. The molecule has 1 fully saturated rings. The molecule has 0 bridgehead atoms. The SMILES string of the molecule is CC(C)(C)[Si](C)(C)OC1CC(=O)[C@@H](O)[C@@H](O)C1. The Bertz CT molecular complexity index is 295. The number of Topliss-reactive ketones (excluding diaryl/α,β-unsaturated/α-hetero) is 1. The second-order valence-electron chi connectivity index (χ2n) is 6.42. The molecular weight excluding hydrogens is 236 g/mol. The van der Waals surface area contributed by atoms with Gasteiger partial charge in [-0.25, -0.2) is 0 Å². The maximum absolute atomic E-state index is 11.5. The van der Waals surface area contributed by atoms with Crippen LogP contribution in [0.5, 0.6) is 0 Å². The average molecular weight is 260 g/mol. The number of aliphatic hydroxyl groups excluding tert-OH is 2. The summed E-state index contributed by atoms with van der Waals surface area (Å²) in [4.78, 5) is 11.5. The number of carbonyl (C=O) groups excluding carboxylic acids is 1. The van der Waals surface area contributed by atoms with E-state index in [9.17, 15) is 15.0 Å². The lowest BCUT2D eigenvalue weighted by Crippen LogP contribution is -2.50. The molecule has 17 heavy (non-hydrogen) atoms. The molecule has 0 radical (unpaired) electrons. The minimum Gasteiger partial charge on any atom is -0.413 e. The molecule has 1 unspecified atom stereocenters. The topological polar surface area (TPSA) is 66.8 Å². The second-order valence-corrected chi connectivity index (χ2v) is 11.2. The van der Waals surface area contributed by atoms with Crippen LogP contribution in [0.15, 0.2) is 0 Å². The fourth-order valence-electron chi connectivity index (χ4n) is 1.72. The van der Waals surface area contributed by atoms with Crippen molar-refractivity contribution in [1.29, 1.82) is 0 Å². The molecule has 0 heterocycles. The van der Waals surface area contributed by atoms with Crippen LogP contribution in [0.25, 0.3) is 0 Å². The zero-order valence-electron chi connectivity index (χ0n) is 11.4. The Balaban J connectivity index is 2.68. The van der Waals surface area contributed by atoms with Gasteiger partial charge in [-0.1, -0.05) is 20.8 Å². The Labute approximate surface area is 104 Å². The smallest absolute Gasteiger partial charge is 0.192 e. The Morgan fingerprint density at radius 2 is 1.82 bits per heavy atom. The van der Waals surface area contributed by atoms with E-state index in [0.29, 0.717) is 6.42 Å². The van der Waals surface area contributed by atoms with Gasteiger partial charge in [0.05, 0.1) is 12.2 Å². The summed E-state index contributed by atoms with van der Waals surface area (Å²) in [6.45, 7) is 10.6. The van der Waals surface area contributed by atoms with Crippen molar-refractivity contribution in [3.05, 3.63) is 0 Å². The molecule has 4 nitrogen and oxygen atoms in total. The van der Waals surface area contributed by atoms with Gasteiger partial charge < -0.3 is 14.6 Å². The highest BCUT2D eigenvalue weighted by atomic mass is 28.4. The third kappa shape index (κ3) is 3.37. The molecule has 0 aromatic carbocycles. The monoisotopic (exact) mass is 260 g/mol. The van der Waals surface area contributed by atoms with E-state index in [4.69, 9.17) is 4.43 Å². The lowest BCUT2D eigenvalue weighted by molar-refractivity contribution is -0.141. The maximum atomic E-state index is 11.5. The summed E-state index contributed by atoms with van der Waals surface area (Å²) in [7, 11) is -1.92. The summed E-state index contributed by atoms with van der Waals surface area (Å²) in [6.07, 6.45) is -1.90. The zero-order valence-corrected chi connectivity index (χ0v) is 12.4. The van der Waals surface area contributed by atoms with Gasteiger partial charge in [-0.3, -0.25) is 4.79 Å². The van der Waals surface area contributed by atoms with Crippen molar-refractivity contribution >= 4 is 14.1 Å². The van der Waals surface area contributed by atoms with Crippen molar-refractivity contribution in [3.8, 4) is 0 Å². The molecule has 0 amide bonds. The summed E-state index contributed by atoms with van der Waals surface area (Å²) in [5, 5.41) is 19.0. The number of hydrogen-bond acceptors (Lipinski definition) is 4. The van der Waals surface area contributed by atoms with Crippen LogP contribution >= 0.6 is 0 Å². The van der Waals surface area contributed by atoms with Crippen LogP contribution in [-0.2, 0) is 9.22 Å². The highest BCUT2D eigenvalue weighted by Crippen LogP contribution is 2.38. The maximum Gasteiger partial charge on any atom is 0.192 e. The molecule has 0 aliphatic heterocycles. The molecule has 1 saturated carbocycles. The summed E-state index contributed by atoms with van der Waals surface area (Å²) in [5.41, 5.74) is 0. The average Bonchev–Trinajstić information content (AvgIpc) is 2.11. The zero-order chi connectivity index (χ0) is 13.4. The van der Waals surface area contributed by atoms with Gasteiger partial charge in [0.1, 0.15) is 6.10 Å². The predicted molar refractivity (Wildman–Crippen MR) is 68.3 cm³/mol. The fraction of sp³-hybridized carbons (Fsp3) is 0.917. The van der Waals surface area contributed by atoms with Crippen LogP contribution in [-0.4, -0.2) is 42.6 Å². The van der Waals surface area contributed by atoms with Crippen molar-refractivity contribution in [2.45, 2.75) is 70.1 Å². The fourth-order valence-corrected chi connectivity index (χ4v) is 3.09. The van der Waals surface area contributed by atoms with E-state index >= 15 is 0 Å². The quantitative estimate of drug-likeness (QED) is 0.738. The van der Waals surface area contributed by atoms with Crippen molar-refractivity contribution in [2.75, 3.05) is 0 Å². The number of carbonyl (C=O) groups is 1. The number of ketones is 1. The number of rotatable bonds is 2. The van der Waals surface area contributed by atoms with E-state index in [1.165, 1.54) is 0 Å². The van der Waals surface area contributed by atoms with E-state index in [2.05, 4.69) is 33.9 Å². The van der Waals surface area contributed by atoms with Gasteiger partial charge in [0.15, 0.2) is 14.1 Å². The van der Waals surface area contributed by atoms with Gasteiger partial charge in [0.25, 0.3) is 0 Å². The largest absolute Gasteiger partial charge is 0.413 e. The van der Waals surface area contributed by atoms with Crippen LogP contribution in [0.1, 0.15) is 33.6 Å². The first kappa shape index (κ1) is 14.8. The summed E-state index contributed by atoms with van der Waals surface area (Å²) < 4.78 is 6.08. The standard InChI is InChI=1S/C12H24O4Si/c1-12(2,3)17(4,5)16-8-6-9(13)11(15)10(14)7-8/h8-9,11,13,15H,6-7H2,1-5H3/t8?,9-,11-/m0/s1. The minimum atomic E-state index is -1.92. The number of aliphatic hydroxyl groups is 2. The normalized spacial score (nSPS) is 31.7. The van der Waals surface area contributed by atoms with Gasteiger partial charge in [-0.2, -0.15) is 0 Å². The lowest BCUT2D eigenvalue weighted by Gasteiger charge is -2.41. The van der Waals surface area contributed by atoms with E-state index in [1.807, 2.05) is 0 Å². The van der Waals surface area contributed by atoms with Gasteiger partial charge in [-0.05, 0) is 18.1 Å². The van der Waals surface area contributed by atoms with E-state index in [0.717, 1.165) is 0 Å². The van der Waals surface area contributed by atoms with Gasteiger partial charge in [-0.15, -0.1) is 0 Å². The molecule has 0 aromatic rings. The van der Waals surface area contributed by atoms with Crippen LogP contribution < -0.4 is 0 Å². The molecule has 2 N–H and O–H groups in total. The van der Waals surface area contributed by atoms with Crippen molar-refractivity contribution < 1.29 is 19.4 Å². The Morgan fingerprint density at radius 3 is 2.24 bits per heavy atom. The minimum absolute atomic E-state index is 0.0804. The molecular formula is C12H24O4Si. The van der Waals surface area contributed by atoms with Gasteiger partial charge >= 0.3 is 0 Å². The first-order valence-corrected chi connectivity index (χ1v) is 9.02. The van der Waals surface area contributed by atoms with Crippen LogP contribution in [0.4, 0.5) is 0 Å².